The Balaban J connectivity index is 2.41. The van der Waals surface area contributed by atoms with Crippen LogP contribution in [0.1, 0.15) is 12.5 Å². The number of carbonyl (C=O) groups excluding carboxylic acids is 1. The van der Waals surface area contributed by atoms with E-state index in [1.54, 1.807) is 25.1 Å². The Hall–Kier alpha value is -2.21. The number of ether oxygens (including phenoxy) is 2. The third-order valence-electron chi connectivity index (χ3n) is 3.05. The van der Waals surface area contributed by atoms with Crippen molar-refractivity contribution < 1.29 is 23.8 Å². The molecule has 5 nitrogen and oxygen atoms in total. The molecule has 0 aliphatic rings. The molecule has 0 bridgehead atoms. The molecule has 0 fully saturated rings. The van der Waals surface area contributed by atoms with Crippen molar-refractivity contribution in [3.63, 3.8) is 0 Å². The molecule has 1 aromatic carbocycles. The van der Waals surface area contributed by atoms with Crippen LogP contribution in [0.4, 0.5) is 4.39 Å². The average molecular weight is 293 g/mol. The topological polar surface area (TPSA) is 68.7 Å². The summed E-state index contributed by atoms with van der Waals surface area (Å²) in [5.74, 6) is -0.983. The van der Waals surface area contributed by atoms with Gasteiger partial charge in [0.25, 0.3) is 0 Å². The van der Waals surface area contributed by atoms with Crippen molar-refractivity contribution in [2.24, 2.45) is 0 Å². The van der Waals surface area contributed by atoms with Gasteiger partial charge in [-0.2, -0.15) is 0 Å². The van der Waals surface area contributed by atoms with Crippen molar-refractivity contribution in [3.05, 3.63) is 35.6 Å². The molecule has 6 heteroatoms. The summed E-state index contributed by atoms with van der Waals surface area (Å²) in [5.41, 5.74) is 0.518. The first-order valence-electron chi connectivity index (χ1n) is 6.53. The van der Waals surface area contributed by atoms with Gasteiger partial charge >= 0.3 is 5.97 Å². The number of aliphatic hydroxyl groups is 1. The zero-order chi connectivity index (χ0) is 15.4. The Kier molecular flexibility index (Phi) is 4.70. The van der Waals surface area contributed by atoms with Crippen LogP contribution >= 0.6 is 0 Å². The molecule has 0 aliphatic heterocycles. The van der Waals surface area contributed by atoms with Crippen molar-refractivity contribution in [2.75, 3.05) is 13.7 Å². The molecule has 0 amide bonds. The molecule has 1 heterocycles. The molecule has 1 atom stereocenters. The molecular weight excluding hydrogens is 277 g/mol. The Morgan fingerprint density at radius 1 is 1.38 bits per heavy atom. The van der Waals surface area contributed by atoms with Crippen LogP contribution in [0.5, 0.6) is 5.88 Å². The van der Waals surface area contributed by atoms with Gasteiger partial charge in [-0.05, 0) is 25.1 Å². The number of esters is 1. The summed E-state index contributed by atoms with van der Waals surface area (Å²) < 4.78 is 23.8. The lowest BCUT2D eigenvalue weighted by Gasteiger charge is -2.12. The predicted molar refractivity (Wildman–Crippen MR) is 74.6 cm³/mol. The Labute approximate surface area is 121 Å². The maximum Gasteiger partial charge on any atom is 0.335 e. The molecule has 2 aromatic rings. The molecule has 0 spiro atoms. The van der Waals surface area contributed by atoms with E-state index in [0.29, 0.717) is 16.8 Å². The largest absolute Gasteiger partial charge is 0.481 e. The van der Waals surface area contributed by atoms with Crippen LogP contribution in [0.25, 0.3) is 10.9 Å². The maximum atomic E-state index is 14.0. The monoisotopic (exact) mass is 293 g/mol. The van der Waals surface area contributed by atoms with E-state index in [2.05, 4.69) is 4.98 Å². The second-order valence-corrected chi connectivity index (χ2v) is 4.42. The van der Waals surface area contributed by atoms with Gasteiger partial charge < -0.3 is 14.6 Å². The lowest BCUT2D eigenvalue weighted by atomic mass is 10.0. The van der Waals surface area contributed by atoms with Crippen LogP contribution in [-0.2, 0) is 16.0 Å². The average Bonchev–Trinajstić information content (AvgIpc) is 2.49. The number of benzene rings is 1. The molecule has 0 radical (unpaired) electrons. The number of halogens is 1. The molecule has 112 valence electrons. The lowest BCUT2D eigenvalue weighted by Crippen LogP contribution is -2.26. The fourth-order valence-electron chi connectivity index (χ4n) is 2.03. The van der Waals surface area contributed by atoms with E-state index < -0.39 is 17.9 Å². The number of pyridine rings is 1. The predicted octanol–water partition coefficient (Wildman–Crippen LogP) is 1.85. The summed E-state index contributed by atoms with van der Waals surface area (Å²) in [6.45, 7) is 1.79. The minimum atomic E-state index is -1.43. The van der Waals surface area contributed by atoms with E-state index in [0.717, 1.165) is 0 Å². The first-order valence-corrected chi connectivity index (χ1v) is 6.53. The highest BCUT2D eigenvalue weighted by Crippen LogP contribution is 2.24. The number of nitrogens with zero attached hydrogens (tertiary/aromatic N) is 1. The molecule has 0 aliphatic carbocycles. The summed E-state index contributed by atoms with van der Waals surface area (Å²) in [6, 6.07) is 6.26. The van der Waals surface area contributed by atoms with Crippen LogP contribution in [0.15, 0.2) is 24.3 Å². The van der Waals surface area contributed by atoms with Gasteiger partial charge in [-0.3, -0.25) is 0 Å². The summed E-state index contributed by atoms with van der Waals surface area (Å²) in [5, 5.41) is 10.5. The Bertz CT molecular complexity index is 659. The van der Waals surface area contributed by atoms with E-state index in [9.17, 15) is 14.3 Å². The first-order chi connectivity index (χ1) is 10.1. The van der Waals surface area contributed by atoms with Gasteiger partial charge in [0.1, 0.15) is 5.82 Å². The number of fused-ring (bicyclic) bond motifs is 1. The van der Waals surface area contributed by atoms with Crippen molar-refractivity contribution in [2.45, 2.75) is 19.4 Å². The SMILES string of the molecule is CCOC(=O)[C@@H](O)Cc1c(F)ccc2ccc(OC)nc12. The summed E-state index contributed by atoms with van der Waals surface area (Å²) in [6.07, 6.45) is -1.64. The number of hydrogen-bond donors (Lipinski definition) is 1. The third kappa shape index (κ3) is 3.28. The van der Waals surface area contributed by atoms with E-state index in [4.69, 9.17) is 9.47 Å². The number of hydrogen-bond acceptors (Lipinski definition) is 5. The third-order valence-corrected chi connectivity index (χ3v) is 3.05. The summed E-state index contributed by atoms with van der Waals surface area (Å²) in [4.78, 5) is 15.7. The minimum absolute atomic E-state index is 0.153. The second kappa shape index (κ2) is 6.49. The number of rotatable bonds is 5. The van der Waals surface area contributed by atoms with Crippen molar-refractivity contribution in [3.8, 4) is 5.88 Å². The molecule has 0 unspecified atom stereocenters. The second-order valence-electron chi connectivity index (χ2n) is 4.42. The highest BCUT2D eigenvalue weighted by Gasteiger charge is 2.21. The van der Waals surface area contributed by atoms with Crippen LogP contribution in [0, 0.1) is 5.82 Å². The molecule has 1 N–H and O–H groups in total. The van der Waals surface area contributed by atoms with Crippen LogP contribution < -0.4 is 4.74 Å². The number of methoxy groups -OCH3 is 1. The zero-order valence-electron chi connectivity index (χ0n) is 11.8. The summed E-state index contributed by atoms with van der Waals surface area (Å²) >= 11 is 0. The Morgan fingerprint density at radius 3 is 2.76 bits per heavy atom. The molecular formula is C15H16FNO4. The van der Waals surface area contributed by atoms with Gasteiger partial charge in [0.05, 0.1) is 19.2 Å². The van der Waals surface area contributed by atoms with E-state index in [1.165, 1.54) is 13.2 Å². The van der Waals surface area contributed by atoms with Gasteiger partial charge in [-0.1, -0.05) is 0 Å². The fourth-order valence-corrected chi connectivity index (χ4v) is 2.03. The van der Waals surface area contributed by atoms with E-state index in [-0.39, 0.29) is 18.6 Å². The van der Waals surface area contributed by atoms with Crippen LogP contribution in [-0.4, -0.2) is 35.9 Å². The zero-order valence-corrected chi connectivity index (χ0v) is 11.8. The number of aromatic nitrogens is 1. The molecule has 1 aromatic heterocycles. The van der Waals surface area contributed by atoms with Crippen molar-refractivity contribution in [1.29, 1.82) is 0 Å². The van der Waals surface area contributed by atoms with Gasteiger partial charge in [0, 0.05) is 23.4 Å². The Morgan fingerprint density at radius 2 is 2.10 bits per heavy atom. The highest BCUT2D eigenvalue weighted by molar-refractivity contribution is 5.83. The quantitative estimate of drug-likeness (QED) is 0.852. The fraction of sp³-hybridized carbons (Fsp3) is 0.333. The summed E-state index contributed by atoms with van der Waals surface area (Å²) in [7, 11) is 1.46. The standard InChI is InChI=1S/C15H16FNO4/c1-3-21-15(19)12(18)8-10-11(16)6-4-9-5-7-13(20-2)17-14(9)10/h4-7,12,18H,3,8H2,1-2H3/t12-/m0/s1. The van der Waals surface area contributed by atoms with Gasteiger partial charge in [0.2, 0.25) is 5.88 Å². The van der Waals surface area contributed by atoms with Crippen molar-refractivity contribution in [1.82, 2.24) is 4.98 Å². The molecule has 0 saturated heterocycles. The minimum Gasteiger partial charge on any atom is -0.481 e. The van der Waals surface area contributed by atoms with Gasteiger partial charge in [-0.15, -0.1) is 0 Å². The normalized spacial score (nSPS) is 12.2. The van der Waals surface area contributed by atoms with Crippen LogP contribution in [0.2, 0.25) is 0 Å². The van der Waals surface area contributed by atoms with E-state index in [1.807, 2.05) is 0 Å². The number of aliphatic hydroxyl groups excluding tert-OH is 1. The van der Waals surface area contributed by atoms with E-state index >= 15 is 0 Å². The molecule has 2 rings (SSSR count). The molecule has 0 saturated carbocycles. The first kappa shape index (κ1) is 15.2. The lowest BCUT2D eigenvalue weighted by molar-refractivity contribution is -0.152. The number of carbonyl (C=O) groups is 1. The van der Waals surface area contributed by atoms with Crippen molar-refractivity contribution >= 4 is 16.9 Å². The van der Waals surface area contributed by atoms with Crippen LogP contribution in [0.3, 0.4) is 0 Å². The van der Waals surface area contributed by atoms with Gasteiger partial charge in [-0.25, -0.2) is 14.2 Å². The highest BCUT2D eigenvalue weighted by atomic mass is 19.1. The smallest absolute Gasteiger partial charge is 0.335 e. The molecule has 21 heavy (non-hydrogen) atoms. The van der Waals surface area contributed by atoms with Gasteiger partial charge in [0.15, 0.2) is 6.10 Å². The maximum absolute atomic E-state index is 14.0.